The molecular formula is C23H14Cl5F2N3O2. The maximum atomic E-state index is 13.8. The summed E-state index contributed by atoms with van der Waals surface area (Å²) in [5, 5.41) is 3.50. The molecule has 2 atom stereocenters. The van der Waals surface area contributed by atoms with Crippen molar-refractivity contribution in [3.63, 3.8) is 0 Å². The predicted octanol–water partition coefficient (Wildman–Crippen LogP) is 7.21. The average Bonchev–Trinajstić information content (AvgIpc) is 3.35. The third-order valence-electron chi connectivity index (χ3n) is 5.30. The van der Waals surface area contributed by atoms with Crippen molar-refractivity contribution in [3.8, 4) is 0 Å². The highest BCUT2D eigenvalue weighted by molar-refractivity contribution is 6.53. The Morgan fingerprint density at radius 2 is 1.57 bits per heavy atom. The van der Waals surface area contributed by atoms with E-state index >= 15 is 0 Å². The number of alkyl halides is 2. The van der Waals surface area contributed by atoms with Gasteiger partial charge in [0.1, 0.15) is 10.2 Å². The number of amides is 2. The molecule has 5 nitrogen and oxygen atoms in total. The van der Waals surface area contributed by atoms with Crippen molar-refractivity contribution in [1.29, 1.82) is 0 Å². The van der Waals surface area contributed by atoms with Gasteiger partial charge in [-0.1, -0.05) is 34.8 Å². The lowest BCUT2D eigenvalue weighted by molar-refractivity contribution is -0.117. The summed E-state index contributed by atoms with van der Waals surface area (Å²) in [6, 6.07) is 11.8. The van der Waals surface area contributed by atoms with Gasteiger partial charge in [-0.25, -0.2) is 8.78 Å². The van der Waals surface area contributed by atoms with Crippen LogP contribution in [0.15, 0.2) is 54.6 Å². The number of benzene rings is 3. The molecule has 182 valence electrons. The molecule has 0 saturated heterocycles. The van der Waals surface area contributed by atoms with E-state index in [0.717, 1.165) is 12.1 Å². The molecule has 35 heavy (non-hydrogen) atoms. The fraction of sp³-hybridized carbons (Fsp3) is 0.130. The van der Waals surface area contributed by atoms with E-state index in [-0.39, 0.29) is 22.0 Å². The van der Waals surface area contributed by atoms with E-state index in [1.165, 1.54) is 18.2 Å². The Labute approximate surface area is 223 Å². The molecule has 3 aromatic carbocycles. The predicted molar refractivity (Wildman–Crippen MR) is 135 cm³/mol. The second kappa shape index (κ2) is 9.99. The Hall–Kier alpha value is -2.29. The molecule has 12 heteroatoms. The zero-order valence-corrected chi connectivity index (χ0v) is 21.1. The van der Waals surface area contributed by atoms with Crippen molar-refractivity contribution < 1.29 is 18.4 Å². The molecule has 2 unspecified atom stereocenters. The van der Waals surface area contributed by atoms with Crippen LogP contribution in [0, 0.1) is 17.6 Å². The van der Waals surface area contributed by atoms with Gasteiger partial charge in [-0.3, -0.25) is 20.4 Å². The average molecular weight is 580 g/mol. The molecule has 1 fully saturated rings. The Morgan fingerprint density at radius 3 is 2.23 bits per heavy atom. The molecule has 1 aliphatic rings. The molecule has 0 spiro atoms. The fourth-order valence-electron chi connectivity index (χ4n) is 3.60. The van der Waals surface area contributed by atoms with Crippen molar-refractivity contribution >= 4 is 81.2 Å². The molecule has 1 saturated carbocycles. The standard InChI is InChI=1S/C23H14Cl5F2N3O2/c24-11-5-10(6-12(25)7-11)19-20(23(19,27)28)22(35)31-14-2-3-16(26)15(9-14)21(34)33-32-18-4-1-13(29)8-17(18)30/h1-9,19-20,32H,(H,31,35)(H,33,34). The minimum Gasteiger partial charge on any atom is -0.326 e. The van der Waals surface area contributed by atoms with E-state index < -0.39 is 39.6 Å². The van der Waals surface area contributed by atoms with E-state index in [0.29, 0.717) is 21.7 Å². The van der Waals surface area contributed by atoms with Gasteiger partial charge in [0.25, 0.3) is 5.91 Å². The third-order valence-corrected chi connectivity index (χ3v) is 7.01. The summed E-state index contributed by atoms with van der Waals surface area (Å²) in [6.45, 7) is 0. The van der Waals surface area contributed by atoms with Gasteiger partial charge >= 0.3 is 0 Å². The Morgan fingerprint density at radius 1 is 0.886 bits per heavy atom. The van der Waals surface area contributed by atoms with Crippen LogP contribution < -0.4 is 16.2 Å². The lowest BCUT2D eigenvalue weighted by atomic mass is 10.1. The summed E-state index contributed by atoms with van der Waals surface area (Å²) in [5.41, 5.74) is 5.31. The van der Waals surface area contributed by atoms with Crippen molar-refractivity contribution in [2.24, 2.45) is 5.92 Å². The number of carbonyl (C=O) groups is 2. The number of anilines is 2. The van der Waals surface area contributed by atoms with Crippen LogP contribution in [0.4, 0.5) is 20.2 Å². The van der Waals surface area contributed by atoms with Gasteiger partial charge in [0, 0.05) is 27.7 Å². The first kappa shape index (κ1) is 25.8. The molecule has 3 N–H and O–H groups in total. The first-order valence-electron chi connectivity index (χ1n) is 9.93. The minimum absolute atomic E-state index is 0.0172. The summed E-state index contributed by atoms with van der Waals surface area (Å²) in [4.78, 5) is 25.5. The molecule has 3 aromatic rings. The number of nitrogens with one attached hydrogen (secondary N) is 3. The molecular weight excluding hydrogens is 566 g/mol. The van der Waals surface area contributed by atoms with Crippen LogP contribution in [0.5, 0.6) is 0 Å². The Kier molecular flexibility index (Phi) is 7.36. The van der Waals surface area contributed by atoms with Gasteiger partial charge in [0.05, 0.1) is 22.2 Å². The van der Waals surface area contributed by atoms with Crippen molar-refractivity contribution in [2.45, 2.75) is 10.3 Å². The molecule has 2 amide bonds. The highest BCUT2D eigenvalue weighted by Gasteiger charge is 2.67. The number of halogens is 7. The van der Waals surface area contributed by atoms with Crippen LogP contribution in [-0.4, -0.2) is 16.1 Å². The van der Waals surface area contributed by atoms with Gasteiger partial charge in [-0.2, -0.15) is 0 Å². The molecule has 0 heterocycles. The van der Waals surface area contributed by atoms with E-state index in [1.54, 1.807) is 18.2 Å². The van der Waals surface area contributed by atoms with Gasteiger partial charge in [-0.15, -0.1) is 23.2 Å². The Bertz CT molecular complexity index is 1320. The molecule has 0 radical (unpaired) electrons. The highest BCUT2D eigenvalue weighted by Crippen LogP contribution is 2.65. The van der Waals surface area contributed by atoms with Gasteiger partial charge < -0.3 is 5.32 Å². The first-order chi connectivity index (χ1) is 16.5. The molecule has 1 aliphatic carbocycles. The van der Waals surface area contributed by atoms with E-state index in [2.05, 4.69) is 16.2 Å². The topological polar surface area (TPSA) is 70.2 Å². The van der Waals surface area contributed by atoms with Crippen molar-refractivity contribution in [2.75, 3.05) is 10.7 Å². The van der Waals surface area contributed by atoms with Crippen molar-refractivity contribution in [1.82, 2.24) is 5.43 Å². The SMILES string of the molecule is O=C(NNc1ccc(F)cc1F)c1cc(NC(=O)C2C(c3cc(Cl)cc(Cl)c3)C2(Cl)Cl)ccc1Cl. The minimum atomic E-state index is -1.38. The lowest BCUT2D eigenvalue weighted by Gasteiger charge is -2.12. The second-order valence-electron chi connectivity index (χ2n) is 7.72. The van der Waals surface area contributed by atoms with Crippen molar-refractivity contribution in [3.05, 3.63) is 92.4 Å². The molecule has 0 bridgehead atoms. The van der Waals surface area contributed by atoms with E-state index in [1.807, 2.05) is 0 Å². The van der Waals surface area contributed by atoms with E-state index in [9.17, 15) is 18.4 Å². The van der Waals surface area contributed by atoms with Gasteiger partial charge in [-0.05, 0) is 54.1 Å². The maximum absolute atomic E-state index is 13.8. The smallest absolute Gasteiger partial charge is 0.271 e. The second-order valence-corrected chi connectivity index (χ2v) is 10.4. The number of hydrogen-bond donors (Lipinski definition) is 3. The van der Waals surface area contributed by atoms with Crippen LogP contribution in [0.1, 0.15) is 21.8 Å². The largest absolute Gasteiger partial charge is 0.326 e. The van der Waals surface area contributed by atoms with Crippen LogP contribution >= 0.6 is 58.0 Å². The number of hydrogen-bond acceptors (Lipinski definition) is 3. The number of rotatable bonds is 6. The molecule has 0 aromatic heterocycles. The number of hydrazine groups is 1. The van der Waals surface area contributed by atoms with Crippen LogP contribution in [0.3, 0.4) is 0 Å². The third kappa shape index (κ3) is 5.60. The monoisotopic (exact) mass is 577 g/mol. The van der Waals surface area contributed by atoms with Gasteiger partial charge in [0.2, 0.25) is 5.91 Å². The highest BCUT2D eigenvalue weighted by atomic mass is 35.5. The summed E-state index contributed by atoms with van der Waals surface area (Å²) in [6.07, 6.45) is 0. The van der Waals surface area contributed by atoms with Gasteiger partial charge in [0.15, 0.2) is 5.82 Å². The summed E-state index contributed by atoms with van der Waals surface area (Å²) < 4.78 is 25.4. The zero-order chi connectivity index (χ0) is 25.5. The van der Waals surface area contributed by atoms with E-state index in [4.69, 9.17) is 58.0 Å². The molecule has 0 aliphatic heterocycles. The quantitative estimate of drug-likeness (QED) is 0.214. The van der Waals surface area contributed by atoms with Crippen LogP contribution in [-0.2, 0) is 4.79 Å². The Balaban J connectivity index is 1.46. The summed E-state index contributed by atoms with van der Waals surface area (Å²) >= 11 is 31.0. The number of carbonyl (C=O) groups excluding carboxylic acids is 2. The van der Waals surface area contributed by atoms with Crippen LogP contribution in [0.25, 0.3) is 0 Å². The molecule has 4 rings (SSSR count). The normalized spacial score (nSPS) is 18.0. The summed E-state index contributed by atoms with van der Waals surface area (Å²) in [7, 11) is 0. The zero-order valence-electron chi connectivity index (χ0n) is 17.3. The lowest BCUT2D eigenvalue weighted by Crippen LogP contribution is -2.30. The first-order valence-corrected chi connectivity index (χ1v) is 11.8. The fourth-order valence-corrected chi connectivity index (χ4v) is 5.18. The maximum Gasteiger partial charge on any atom is 0.271 e. The van der Waals surface area contributed by atoms with Crippen LogP contribution in [0.2, 0.25) is 15.1 Å². The summed E-state index contributed by atoms with van der Waals surface area (Å²) in [5.74, 6) is -4.24.